The van der Waals surface area contributed by atoms with E-state index in [2.05, 4.69) is 12.3 Å². The summed E-state index contributed by atoms with van der Waals surface area (Å²) in [4.78, 5) is 0. The summed E-state index contributed by atoms with van der Waals surface area (Å²) in [7, 11) is 1.71. The highest BCUT2D eigenvalue weighted by molar-refractivity contribution is 4.53. The number of ether oxygens (including phenoxy) is 1. The van der Waals surface area contributed by atoms with Crippen LogP contribution in [-0.2, 0) is 4.74 Å². The Labute approximate surface area is 56.5 Å². The normalized spacial score (nSPS) is 13.7. The van der Waals surface area contributed by atoms with Crippen molar-refractivity contribution in [2.24, 2.45) is 5.84 Å². The average Bonchev–Trinajstić information content (AvgIpc) is 1.89. The summed E-state index contributed by atoms with van der Waals surface area (Å²) in [5.74, 6) is 5.16. The lowest BCUT2D eigenvalue weighted by Gasteiger charge is -2.07. The molecule has 0 amide bonds. The minimum atomic E-state index is 0.403. The van der Waals surface area contributed by atoms with Crippen LogP contribution < -0.4 is 11.3 Å². The lowest BCUT2D eigenvalue weighted by molar-refractivity contribution is 0.189. The van der Waals surface area contributed by atoms with Crippen LogP contribution in [0, 0.1) is 0 Å². The molecule has 0 saturated carbocycles. The maximum atomic E-state index is 5.16. The van der Waals surface area contributed by atoms with Gasteiger partial charge in [0.2, 0.25) is 0 Å². The molecule has 0 heterocycles. The van der Waals surface area contributed by atoms with Crippen LogP contribution >= 0.6 is 0 Å². The fraction of sp³-hybridized carbons (Fsp3) is 1.00. The van der Waals surface area contributed by atoms with Gasteiger partial charge >= 0.3 is 0 Å². The highest BCUT2D eigenvalue weighted by atomic mass is 16.5. The molecule has 0 aromatic carbocycles. The zero-order valence-electron chi connectivity index (χ0n) is 6.18. The molecule has 3 N–H and O–H groups in total. The third-order valence-corrected chi connectivity index (χ3v) is 1.27. The minimum Gasteiger partial charge on any atom is -0.385 e. The molecule has 0 spiro atoms. The van der Waals surface area contributed by atoms with E-state index in [0.29, 0.717) is 6.04 Å². The molecule has 0 bridgehead atoms. The van der Waals surface area contributed by atoms with Crippen LogP contribution in [0.25, 0.3) is 0 Å². The summed E-state index contributed by atoms with van der Waals surface area (Å²) in [5, 5.41) is 0. The predicted octanol–water partition coefficient (Wildman–Crippen LogP) is 0.265. The van der Waals surface area contributed by atoms with Gasteiger partial charge in [-0.25, -0.2) is 0 Å². The number of methoxy groups -OCH3 is 1. The Kier molecular flexibility index (Phi) is 5.93. The van der Waals surface area contributed by atoms with E-state index >= 15 is 0 Å². The largest absolute Gasteiger partial charge is 0.385 e. The first-order valence-corrected chi connectivity index (χ1v) is 3.26. The molecule has 0 radical (unpaired) electrons. The Morgan fingerprint density at radius 3 is 2.78 bits per heavy atom. The summed E-state index contributed by atoms with van der Waals surface area (Å²) in [6.45, 7) is 2.88. The topological polar surface area (TPSA) is 47.3 Å². The third-order valence-electron chi connectivity index (χ3n) is 1.27. The zero-order chi connectivity index (χ0) is 7.11. The van der Waals surface area contributed by atoms with Gasteiger partial charge in [-0.05, 0) is 19.8 Å². The lowest BCUT2D eigenvalue weighted by atomic mass is 10.2. The maximum Gasteiger partial charge on any atom is 0.0462 e. The number of nitrogens with two attached hydrogens (primary N) is 1. The Bertz CT molecular complexity index is 59.0. The van der Waals surface area contributed by atoms with Crippen LogP contribution in [0.2, 0.25) is 0 Å². The quantitative estimate of drug-likeness (QED) is 0.320. The van der Waals surface area contributed by atoms with Gasteiger partial charge in [0.05, 0.1) is 0 Å². The lowest BCUT2D eigenvalue weighted by Crippen LogP contribution is -2.32. The minimum absolute atomic E-state index is 0.403. The fourth-order valence-electron chi connectivity index (χ4n) is 0.617. The Morgan fingerprint density at radius 1 is 1.67 bits per heavy atom. The van der Waals surface area contributed by atoms with E-state index < -0.39 is 0 Å². The molecule has 1 atom stereocenters. The van der Waals surface area contributed by atoms with Gasteiger partial charge < -0.3 is 4.74 Å². The summed E-state index contributed by atoms with van der Waals surface area (Å²) in [6, 6.07) is 0.403. The molecule has 0 aromatic heterocycles. The predicted molar refractivity (Wildman–Crippen MR) is 37.9 cm³/mol. The van der Waals surface area contributed by atoms with E-state index in [1.54, 1.807) is 7.11 Å². The second-order valence-electron chi connectivity index (χ2n) is 2.20. The van der Waals surface area contributed by atoms with Gasteiger partial charge in [0.25, 0.3) is 0 Å². The van der Waals surface area contributed by atoms with Gasteiger partial charge in [0.15, 0.2) is 0 Å². The van der Waals surface area contributed by atoms with Crippen molar-refractivity contribution < 1.29 is 4.74 Å². The number of rotatable bonds is 5. The molecule has 1 unspecified atom stereocenters. The molecule has 0 saturated heterocycles. The number of hydrazine groups is 1. The van der Waals surface area contributed by atoms with Crippen molar-refractivity contribution in [1.82, 2.24) is 5.43 Å². The van der Waals surface area contributed by atoms with E-state index in [1.165, 1.54) is 0 Å². The van der Waals surface area contributed by atoms with E-state index in [-0.39, 0.29) is 0 Å². The standard InChI is InChI=1S/C6H16N2O/c1-6(8-7)4-3-5-9-2/h6,8H,3-5,7H2,1-2H3. The molecule has 0 rings (SSSR count). The Hall–Kier alpha value is -0.120. The monoisotopic (exact) mass is 132 g/mol. The van der Waals surface area contributed by atoms with E-state index in [9.17, 15) is 0 Å². The first-order valence-electron chi connectivity index (χ1n) is 3.26. The second-order valence-corrected chi connectivity index (χ2v) is 2.20. The summed E-state index contributed by atoms with van der Waals surface area (Å²) < 4.78 is 4.87. The first kappa shape index (κ1) is 8.88. The van der Waals surface area contributed by atoms with Crippen molar-refractivity contribution in [3.8, 4) is 0 Å². The molecule has 0 aliphatic carbocycles. The van der Waals surface area contributed by atoms with Crippen molar-refractivity contribution in [2.75, 3.05) is 13.7 Å². The van der Waals surface area contributed by atoms with E-state index in [1.807, 2.05) is 0 Å². The van der Waals surface area contributed by atoms with Crippen LogP contribution in [0.3, 0.4) is 0 Å². The first-order chi connectivity index (χ1) is 4.31. The maximum absolute atomic E-state index is 5.16. The third kappa shape index (κ3) is 5.76. The molecule has 0 aromatic rings. The molecule has 0 aliphatic rings. The van der Waals surface area contributed by atoms with Crippen molar-refractivity contribution >= 4 is 0 Å². The highest BCUT2D eigenvalue weighted by Gasteiger charge is 1.95. The molecular weight excluding hydrogens is 116 g/mol. The van der Waals surface area contributed by atoms with Crippen molar-refractivity contribution in [3.63, 3.8) is 0 Å². The smallest absolute Gasteiger partial charge is 0.0462 e. The van der Waals surface area contributed by atoms with Gasteiger partial charge in [-0.1, -0.05) is 0 Å². The van der Waals surface area contributed by atoms with Crippen molar-refractivity contribution in [2.45, 2.75) is 25.8 Å². The SMILES string of the molecule is COCCCC(C)NN. The summed E-state index contributed by atoms with van der Waals surface area (Å²) in [6.07, 6.45) is 2.15. The molecule has 3 nitrogen and oxygen atoms in total. The van der Waals surface area contributed by atoms with Gasteiger partial charge in [-0.2, -0.15) is 0 Å². The Balaban J connectivity index is 2.88. The average molecular weight is 132 g/mol. The van der Waals surface area contributed by atoms with E-state index in [0.717, 1.165) is 19.4 Å². The van der Waals surface area contributed by atoms with Gasteiger partial charge in [-0.15, -0.1) is 0 Å². The number of nitrogens with one attached hydrogen (secondary N) is 1. The van der Waals surface area contributed by atoms with Crippen LogP contribution in [0.5, 0.6) is 0 Å². The van der Waals surface area contributed by atoms with Gasteiger partial charge in [-0.3, -0.25) is 11.3 Å². The molecule has 0 fully saturated rings. The molecule has 3 heteroatoms. The Morgan fingerprint density at radius 2 is 2.33 bits per heavy atom. The van der Waals surface area contributed by atoms with E-state index in [4.69, 9.17) is 10.6 Å². The molecule has 9 heavy (non-hydrogen) atoms. The van der Waals surface area contributed by atoms with Crippen LogP contribution in [0.4, 0.5) is 0 Å². The van der Waals surface area contributed by atoms with Crippen LogP contribution in [0.15, 0.2) is 0 Å². The fourth-order valence-corrected chi connectivity index (χ4v) is 0.617. The van der Waals surface area contributed by atoms with Crippen molar-refractivity contribution in [1.29, 1.82) is 0 Å². The molecular formula is C6H16N2O. The van der Waals surface area contributed by atoms with Crippen molar-refractivity contribution in [3.05, 3.63) is 0 Å². The summed E-state index contributed by atoms with van der Waals surface area (Å²) in [5.41, 5.74) is 2.67. The molecule has 0 aliphatic heterocycles. The van der Waals surface area contributed by atoms with Crippen LogP contribution in [-0.4, -0.2) is 19.8 Å². The highest BCUT2D eigenvalue weighted by Crippen LogP contribution is 1.93. The number of hydrogen-bond donors (Lipinski definition) is 2. The molecule has 56 valence electrons. The van der Waals surface area contributed by atoms with Gasteiger partial charge in [0, 0.05) is 19.8 Å². The van der Waals surface area contributed by atoms with Gasteiger partial charge in [0.1, 0.15) is 0 Å². The second kappa shape index (κ2) is 6.01. The van der Waals surface area contributed by atoms with Crippen LogP contribution in [0.1, 0.15) is 19.8 Å². The summed E-state index contributed by atoms with van der Waals surface area (Å²) >= 11 is 0. The number of hydrogen-bond acceptors (Lipinski definition) is 3. The zero-order valence-corrected chi connectivity index (χ0v) is 6.18.